The maximum absolute atomic E-state index is 12.8. The third kappa shape index (κ3) is 4.12. The summed E-state index contributed by atoms with van der Waals surface area (Å²) in [5, 5.41) is 3.12. The van der Waals surface area contributed by atoms with Gasteiger partial charge >= 0.3 is 6.03 Å². The molecule has 4 rings (SSSR count). The van der Waals surface area contributed by atoms with Gasteiger partial charge in [-0.2, -0.15) is 0 Å². The molecule has 2 heterocycles. The number of urea groups is 1. The van der Waals surface area contributed by atoms with Crippen LogP contribution in [0.2, 0.25) is 0 Å². The van der Waals surface area contributed by atoms with Crippen LogP contribution in [0.15, 0.2) is 18.2 Å². The van der Waals surface area contributed by atoms with Crippen molar-refractivity contribution in [1.29, 1.82) is 0 Å². The number of nitrogens with zero attached hydrogens (tertiary/aromatic N) is 2. The Labute approximate surface area is 159 Å². The van der Waals surface area contributed by atoms with Crippen LogP contribution in [0.1, 0.15) is 42.5 Å². The Morgan fingerprint density at radius 2 is 1.56 bits per heavy atom. The predicted molar refractivity (Wildman–Crippen MR) is 100 cm³/mol. The largest absolute Gasteiger partial charge is 0.490 e. The van der Waals surface area contributed by atoms with Crippen LogP contribution in [0.3, 0.4) is 0 Å². The van der Waals surface area contributed by atoms with Crippen molar-refractivity contribution in [2.75, 3.05) is 39.4 Å². The monoisotopic (exact) mass is 373 g/mol. The standard InChI is InChI=1S/C20H27N3O4/c24-19(15-6-7-17-18(14-15)27-13-3-12-26-17)22-8-10-23(11-9-22)20(25)21-16-4-1-2-5-16/h6-7,14,16H,1-5,8-13H2,(H,21,25). The Balaban J connectivity index is 1.33. The smallest absolute Gasteiger partial charge is 0.317 e. The van der Waals surface area contributed by atoms with E-state index in [1.165, 1.54) is 12.8 Å². The third-order valence-corrected chi connectivity index (χ3v) is 5.53. The molecule has 146 valence electrons. The van der Waals surface area contributed by atoms with E-state index >= 15 is 0 Å². The van der Waals surface area contributed by atoms with Gasteiger partial charge in [0.15, 0.2) is 11.5 Å². The summed E-state index contributed by atoms with van der Waals surface area (Å²) in [5.74, 6) is 1.30. The Kier molecular flexibility index (Phi) is 5.36. The summed E-state index contributed by atoms with van der Waals surface area (Å²) in [6, 6.07) is 5.68. The first-order chi connectivity index (χ1) is 13.2. The summed E-state index contributed by atoms with van der Waals surface area (Å²) in [7, 11) is 0. The highest BCUT2D eigenvalue weighted by Crippen LogP contribution is 2.31. The minimum atomic E-state index is -0.0264. The summed E-state index contributed by atoms with van der Waals surface area (Å²) in [6.45, 7) is 3.45. The van der Waals surface area contributed by atoms with Crippen LogP contribution in [-0.4, -0.2) is 67.2 Å². The van der Waals surface area contributed by atoms with Crippen molar-refractivity contribution < 1.29 is 19.1 Å². The number of ether oxygens (including phenoxy) is 2. The molecule has 1 saturated carbocycles. The van der Waals surface area contributed by atoms with Crippen LogP contribution < -0.4 is 14.8 Å². The molecule has 0 atom stereocenters. The van der Waals surface area contributed by atoms with Crippen molar-refractivity contribution in [1.82, 2.24) is 15.1 Å². The number of nitrogens with one attached hydrogen (secondary N) is 1. The van der Waals surface area contributed by atoms with Crippen molar-refractivity contribution in [3.63, 3.8) is 0 Å². The zero-order valence-corrected chi connectivity index (χ0v) is 15.6. The molecule has 1 aliphatic carbocycles. The van der Waals surface area contributed by atoms with Crippen molar-refractivity contribution in [3.8, 4) is 11.5 Å². The minimum absolute atomic E-state index is 0.00424. The quantitative estimate of drug-likeness (QED) is 0.863. The molecule has 7 nitrogen and oxygen atoms in total. The van der Waals surface area contributed by atoms with Crippen molar-refractivity contribution >= 4 is 11.9 Å². The molecule has 3 amide bonds. The number of amides is 3. The molecule has 1 aromatic rings. The van der Waals surface area contributed by atoms with Crippen LogP contribution in [-0.2, 0) is 0 Å². The van der Waals surface area contributed by atoms with Gasteiger partial charge in [0.2, 0.25) is 0 Å². The highest BCUT2D eigenvalue weighted by molar-refractivity contribution is 5.95. The van der Waals surface area contributed by atoms with Gasteiger partial charge in [-0.3, -0.25) is 4.79 Å². The Bertz CT molecular complexity index is 694. The Hall–Kier alpha value is -2.44. The molecule has 0 radical (unpaired) electrons. The molecule has 1 saturated heterocycles. The summed E-state index contributed by atoms with van der Waals surface area (Å²) in [6.07, 6.45) is 5.39. The lowest BCUT2D eigenvalue weighted by Crippen LogP contribution is -2.54. The molecule has 27 heavy (non-hydrogen) atoms. The second-order valence-electron chi connectivity index (χ2n) is 7.42. The lowest BCUT2D eigenvalue weighted by atomic mass is 10.1. The van der Waals surface area contributed by atoms with E-state index in [0.717, 1.165) is 19.3 Å². The van der Waals surface area contributed by atoms with Crippen molar-refractivity contribution in [2.45, 2.75) is 38.1 Å². The zero-order chi connectivity index (χ0) is 18.6. The predicted octanol–water partition coefficient (Wildman–Crippen LogP) is 2.26. The highest BCUT2D eigenvalue weighted by atomic mass is 16.5. The lowest BCUT2D eigenvalue weighted by molar-refractivity contribution is 0.0663. The number of piperazine rings is 1. The maximum Gasteiger partial charge on any atom is 0.317 e. The van der Waals surface area contributed by atoms with Crippen LogP contribution in [0, 0.1) is 0 Å². The Morgan fingerprint density at radius 3 is 2.30 bits per heavy atom. The van der Waals surface area contributed by atoms with E-state index in [-0.39, 0.29) is 11.9 Å². The van der Waals surface area contributed by atoms with Gasteiger partial charge in [0.25, 0.3) is 5.91 Å². The fraction of sp³-hybridized carbons (Fsp3) is 0.600. The summed E-state index contributed by atoms with van der Waals surface area (Å²) < 4.78 is 11.3. The van der Waals surface area contributed by atoms with Crippen molar-refractivity contribution in [3.05, 3.63) is 23.8 Å². The topological polar surface area (TPSA) is 71.1 Å². The fourth-order valence-corrected chi connectivity index (χ4v) is 3.93. The second-order valence-corrected chi connectivity index (χ2v) is 7.42. The van der Waals surface area contributed by atoms with E-state index in [2.05, 4.69) is 5.32 Å². The van der Waals surface area contributed by atoms with Crippen LogP contribution in [0.4, 0.5) is 4.79 Å². The van der Waals surface area contributed by atoms with Gasteiger partial charge in [-0.05, 0) is 31.0 Å². The maximum atomic E-state index is 12.8. The molecule has 0 aromatic heterocycles. The molecule has 0 bridgehead atoms. The van der Waals surface area contributed by atoms with Crippen LogP contribution in [0.25, 0.3) is 0 Å². The number of benzene rings is 1. The molecule has 0 unspecified atom stereocenters. The van der Waals surface area contributed by atoms with Gasteiger partial charge in [0.05, 0.1) is 13.2 Å². The van der Waals surface area contributed by atoms with E-state index in [1.54, 1.807) is 23.1 Å². The third-order valence-electron chi connectivity index (χ3n) is 5.53. The molecule has 7 heteroatoms. The van der Waals surface area contributed by atoms with Crippen LogP contribution >= 0.6 is 0 Å². The normalized spacial score (nSPS) is 20.3. The minimum Gasteiger partial charge on any atom is -0.490 e. The van der Waals surface area contributed by atoms with E-state index in [4.69, 9.17) is 9.47 Å². The van der Waals surface area contributed by atoms with E-state index in [1.807, 2.05) is 4.90 Å². The number of fused-ring (bicyclic) bond motifs is 1. The molecule has 3 aliphatic rings. The SMILES string of the molecule is O=C(NC1CCCC1)N1CCN(C(=O)c2ccc3c(c2)OCCCO3)CC1. The highest BCUT2D eigenvalue weighted by Gasteiger charge is 2.27. The van der Waals surface area contributed by atoms with Crippen LogP contribution in [0.5, 0.6) is 11.5 Å². The number of hydrogen-bond donors (Lipinski definition) is 1. The van der Waals surface area contributed by atoms with E-state index in [0.29, 0.717) is 62.5 Å². The molecule has 0 spiro atoms. The fourth-order valence-electron chi connectivity index (χ4n) is 3.93. The zero-order valence-electron chi connectivity index (χ0n) is 15.6. The first kappa shape index (κ1) is 17.9. The second kappa shape index (κ2) is 8.06. The molecule has 2 aliphatic heterocycles. The van der Waals surface area contributed by atoms with Gasteiger partial charge in [-0.15, -0.1) is 0 Å². The molecule has 1 N–H and O–H groups in total. The summed E-state index contributed by atoms with van der Waals surface area (Å²) >= 11 is 0. The van der Waals surface area contributed by atoms with Gasteiger partial charge in [0.1, 0.15) is 0 Å². The molecule has 2 fully saturated rings. The van der Waals surface area contributed by atoms with E-state index in [9.17, 15) is 9.59 Å². The molecule has 1 aromatic carbocycles. The van der Waals surface area contributed by atoms with Gasteiger partial charge in [-0.25, -0.2) is 4.79 Å². The number of rotatable bonds is 2. The lowest BCUT2D eigenvalue weighted by Gasteiger charge is -2.35. The van der Waals surface area contributed by atoms with Crippen molar-refractivity contribution in [2.24, 2.45) is 0 Å². The number of carbonyl (C=O) groups excluding carboxylic acids is 2. The first-order valence-electron chi connectivity index (χ1n) is 9.95. The van der Waals surface area contributed by atoms with Gasteiger partial charge < -0.3 is 24.6 Å². The molecular formula is C20H27N3O4. The molecular weight excluding hydrogens is 346 g/mol. The Morgan fingerprint density at radius 1 is 0.889 bits per heavy atom. The summed E-state index contributed by atoms with van der Waals surface area (Å²) in [4.78, 5) is 28.8. The van der Waals surface area contributed by atoms with Gasteiger partial charge in [0, 0.05) is 44.2 Å². The number of hydrogen-bond acceptors (Lipinski definition) is 4. The first-order valence-corrected chi connectivity index (χ1v) is 9.95. The number of carbonyl (C=O) groups is 2. The average Bonchev–Trinajstić information content (AvgIpc) is 3.09. The average molecular weight is 373 g/mol. The summed E-state index contributed by atoms with van der Waals surface area (Å²) in [5.41, 5.74) is 0.600. The van der Waals surface area contributed by atoms with Gasteiger partial charge in [-0.1, -0.05) is 12.8 Å². The van der Waals surface area contributed by atoms with E-state index < -0.39 is 0 Å².